The van der Waals surface area contributed by atoms with Gasteiger partial charge in [0.1, 0.15) is 11.4 Å². The average molecular weight is 372 g/mol. The number of fused-ring (bicyclic) bond motifs is 1. The Morgan fingerprint density at radius 2 is 2.27 bits per heavy atom. The molecule has 8 heteroatoms. The average Bonchev–Trinajstić information content (AvgIpc) is 3.17. The molecule has 3 aromatic heterocycles. The van der Waals surface area contributed by atoms with E-state index in [1.807, 2.05) is 29.0 Å². The molecule has 0 spiro atoms. The van der Waals surface area contributed by atoms with Gasteiger partial charge in [0.15, 0.2) is 4.96 Å². The summed E-state index contributed by atoms with van der Waals surface area (Å²) in [6, 6.07) is 1.64. The van der Waals surface area contributed by atoms with E-state index in [2.05, 4.69) is 15.3 Å². The molecule has 1 atom stereocenters. The van der Waals surface area contributed by atoms with Crippen LogP contribution in [0.25, 0.3) is 4.96 Å². The SMILES string of the molecule is COc1cncc(C(NC(=O)c2c(C)nc3sccn23)C2CC(O)C2)c1. The highest BCUT2D eigenvalue weighted by atomic mass is 32.1. The normalized spacial score (nSPS) is 20.6. The fourth-order valence-electron chi connectivity index (χ4n) is 3.47. The van der Waals surface area contributed by atoms with Crippen molar-refractivity contribution in [3.8, 4) is 5.75 Å². The number of amides is 1. The number of imidazole rings is 1. The molecular formula is C18H20N4O3S. The summed E-state index contributed by atoms with van der Waals surface area (Å²) in [7, 11) is 1.59. The van der Waals surface area contributed by atoms with Crippen LogP contribution in [0.1, 0.15) is 40.6 Å². The minimum absolute atomic E-state index is 0.161. The van der Waals surface area contributed by atoms with Crippen LogP contribution in [0.3, 0.4) is 0 Å². The molecule has 1 fully saturated rings. The van der Waals surface area contributed by atoms with Gasteiger partial charge in [-0.15, -0.1) is 11.3 Å². The molecule has 1 saturated carbocycles. The van der Waals surface area contributed by atoms with Gasteiger partial charge in [0, 0.05) is 17.8 Å². The number of aliphatic hydroxyl groups excluding tert-OH is 1. The lowest BCUT2D eigenvalue weighted by Crippen LogP contribution is -2.41. The first kappa shape index (κ1) is 17.0. The Balaban J connectivity index is 1.65. The first-order valence-corrected chi connectivity index (χ1v) is 9.34. The van der Waals surface area contributed by atoms with E-state index in [1.54, 1.807) is 19.5 Å². The highest BCUT2D eigenvalue weighted by molar-refractivity contribution is 7.15. The number of carbonyl (C=O) groups excluding carboxylic acids is 1. The standard InChI is InChI=1S/C18H20N4O3S/c1-10-16(22-3-4-26-18(22)20-10)17(24)21-15(11-5-13(23)6-11)12-7-14(25-2)9-19-8-12/h3-4,7-9,11,13,15,23H,5-6H2,1-2H3,(H,21,24). The van der Waals surface area contributed by atoms with Gasteiger partial charge in [-0.1, -0.05) is 0 Å². The van der Waals surface area contributed by atoms with Crippen molar-refractivity contribution >= 4 is 22.2 Å². The van der Waals surface area contributed by atoms with Crippen LogP contribution in [-0.2, 0) is 0 Å². The molecule has 0 saturated heterocycles. The lowest BCUT2D eigenvalue weighted by atomic mass is 9.75. The molecule has 1 amide bonds. The summed E-state index contributed by atoms with van der Waals surface area (Å²) >= 11 is 1.49. The van der Waals surface area contributed by atoms with Gasteiger partial charge < -0.3 is 15.2 Å². The van der Waals surface area contributed by atoms with Crippen molar-refractivity contribution in [2.24, 2.45) is 5.92 Å². The van der Waals surface area contributed by atoms with E-state index < -0.39 is 0 Å². The topological polar surface area (TPSA) is 88.8 Å². The Labute approximate surface area is 154 Å². The Kier molecular flexibility index (Phi) is 4.37. The number of aryl methyl sites for hydroxylation is 1. The summed E-state index contributed by atoms with van der Waals surface area (Å²) in [5.74, 6) is 0.624. The number of rotatable bonds is 5. The monoisotopic (exact) mass is 372 g/mol. The minimum atomic E-state index is -0.307. The maximum Gasteiger partial charge on any atom is 0.270 e. The van der Waals surface area contributed by atoms with E-state index in [9.17, 15) is 9.90 Å². The Morgan fingerprint density at radius 3 is 3.00 bits per heavy atom. The van der Waals surface area contributed by atoms with E-state index in [-0.39, 0.29) is 24.0 Å². The van der Waals surface area contributed by atoms with Gasteiger partial charge in [0.05, 0.1) is 31.1 Å². The van der Waals surface area contributed by atoms with Crippen LogP contribution in [0.4, 0.5) is 0 Å². The van der Waals surface area contributed by atoms with Crippen molar-refractivity contribution in [3.05, 3.63) is 47.0 Å². The zero-order chi connectivity index (χ0) is 18.3. The fraction of sp³-hybridized carbons (Fsp3) is 0.389. The largest absolute Gasteiger partial charge is 0.495 e. The van der Waals surface area contributed by atoms with Gasteiger partial charge >= 0.3 is 0 Å². The van der Waals surface area contributed by atoms with Crippen LogP contribution in [-0.4, -0.2) is 38.6 Å². The molecule has 1 unspecified atom stereocenters. The molecule has 26 heavy (non-hydrogen) atoms. The van der Waals surface area contributed by atoms with Crippen LogP contribution in [0, 0.1) is 12.8 Å². The first-order chi connectivity index (χ1) is 12.6. The van der Waals surface area contributed by atoms with E-state index in [0.717, 1.165) is 10.5 Å². The van der Waals surface area contributed by atoms with E-state index >= 15 is 0 Å². The van der Waals surface area contributed by atoms with Gasteiger partial charge in [-0.2, -0.15) is 0 Å². The van der Waals surface area contributed by atoms with Crippen molar-refractivity contribution in [1.29, 1.82) is 0 Å². The molecule has 0 aromatic carbocycles. The highest BCUT2D eigenvalue weighted by Crippen LogP contribution is 2.38. The van der Waals surface area contributed by atoms with E-state index in [1.165, 1.54) is 11.3 Å². The number of nitrogens with zero attached hydrogens (tertiary/aromatic N) is 3. The third-order valence-corrected chi connectivity index (χ3v) is 5.64. The quantitative estimate of drug-likeness (QED) is 0.718. The number of aliphatic hydroxyl groups is 1. The minimum Gasteiger partial charge on any atom is -0.495 e. The second kappa shape index (κ2) is 6.69. The van der Waals surface area contributed by atoms with Gasteiger partial charge in [-0.3, -0.25) is 14.2 Å². The predicted molar refractivity (Wildman–Crippen MR) is 97.5 cm³/mol. The molecule has 3 heterocycles. The molecule has 7 nitrogen and oxygen atoms in total. The lowest BCUT2D eigenvalue weighted by Gasteiger charge is -2.38. The molecule has 0 aliphatic heterocycles. The maximum absolute atomic E-state index is 13.0. The van der Waals surface area contributed by atoms with Crippen LogP contribution < -0.4 is 10.1 Å². The summed E-state index contributed by atoms with van der Waals surface area (Å²) < 4.78 is 7.08. The number of aromatic nitrogens is 3. The van der Waals surface area contributed by atoms with Gasteiger partial charge in [-0.05, 0) is 37.3 Å². The first-order valence-electron chi connectivity index (χ1n) is 8.47. The smallest absolute Gasteiger partial charge is 0.270 e. The predicted octanol–water partition coefficient (Wildman–Crippen LogP) is 2.35. The zero-order valence-electron chi connectivity index (χ0n) is 14.5. The third-order valence-electron chi connectivity index (χ3n) is 4.89. The van der Waals surface area contributed by atoms with Crippen molar-refractivity contribution in [2.45, 2.75) is 31.9 Å². The second-order valence-corrected chi connectivity index (χ2v) is 7.47. The molecule has 3 aromatic rings. The number of nitrogens with one attached hydrogen (secondary N) is 1. The molecular weight excluding hydrogens is 352 g/mol. The molecule has 1 aliphatic rings. The molecule has 1 aliphatic carbocycles. The van der Waals surface area contributed by atoms with Gasteiger partial charge in [0.2, 0.25) is 0 Å². The van der Waals surface area contributed by atoms with E-state index in [4.69, 9.17) is 4.74 Å². The van der Waals surface area contributed by atoms with Crippen molar-refractivity contribution in [1.82, 2.24) is 19.7 Å². The van der Waals surface area contributed by atoms with Gasteiger partial charge in [0.25, 0.3) is 5.91 Å². The summed E-state index contributed by atoms with van der Waals surface area (Å²) in [4.78, 5) is 22.5. The lowest BCUT2D eigenvalue weighted by molar-refractivity contribution is 0.0233. The summed E-state index contributed by atoms with van der Waals surface area (Å²) in [5.41, 5.74) is 2.12. The van der Waals surface area contributed by atoms with Gasteiger partial charge in [-0.25, -0.2) is 4.98 Å². The Bertz CT molecular complexity index is 945. The second-order valence-electron chi connectivity index (χ2n) is 6.60. The molecule has 0 bridgehead atoms. The van der Waals surface area contributed by atoms with Crippen LogP contribution in [0.5, 0.6) is 5.75 Å². The number of hydrogen-bond donors (Lipinski definition) is 2. The van der Waals surface area contributed by atoms with Crippen molar-refractivity contribution in [3.63, 3.8) is 0 Å². The van der Waals surface area contributed by atoms with Crippen LogP contribution in [0.15, 0.2) is 30.0 Å². The highest BCUT2D eigenvalue weighted by Gasteiger charge is 2.36. The maximum atomic E-state index is 13.0. The molecule has 2 N–H and O–H groups in total. The summed E-state index contributed by atoms with van der Waals surface area (Å²) in [5, 5.41) is 14.8. The van der Waals surface area contributed by atoms with Crippen LogP contribution in [0.2, 0.25) is 0 Å². The van der Waals surface area contributed by atoms with E-state index in [0.29, 0.717) is 30.0 Å². The number of pyridine rings is 1. The molecule has 0 radical (unpaired) electrons. The van der Waals surface area contributed by atoms with Crippen molar-refractivity contribution in [2.75, 3.05) is 7.11 Å². The Hall–Kier alpha value is -2.45. The number of ether oxygens (including phenoxy) is 1. The Morgan fingerprint density at radius 1 is 1.46 bits per heavy atom. The molecule has 4 rings (SSSR count). The number of methoxy groups -OCH3 is 1. The number of hydrogen-bond acceptors (Lipinski definition) is 6. The summed E-state index contributed by atoms with van der Waals surface area (Å²) in [6.45, 7) is 1.84. The summed E-state index contributed by atoms with van der Waals surface area (Å²) in [6.07, 6.45) is 6.22. The third kappa shape index (κ3) is 2.95. The van der Waals surface area contributed by atoms with Crippen molar-refractivity contribution < 1.29 is 14.6 Å². The number of thiazole rings is 1. The fourth-order valence-corrected chi connectivity index (χ4v) is 4.23. The zero-order valence-corrected chi connectivity index (χ0v) is 15.4. The molecule has 136 valence electrons. The number of carbonyl (C=O) groups is 1. The van der Waals surface area contributed by atoms with Crippen LogP contribution >= 0.6 is 11.3 Å².